The van der Waals surface area contributed by atoms with Crippen molar-refractivity contribution in [3.63, 3.8) is 0 Å². The molecular weight excluding hydrogens is 655 g/mol. The molecule has 0 N–H and O–H groups in total. The van der Waals surface area contributed by atoms with Crippen LogP contribution in [0.1, 0.15) is 92.5 Å². The number of fused-ring (bicyclic) bond motifs is 3. The van der Waals surface area contributed by atoms with Crippen LogP contribution in [-0.4, -0.2) is 3.21 Å². The standard InChI is InChI=1S/C21H25.C15H14.C5H5.2ClH.Zr/c1-20(2,3)16-9-7-14-11-15-8-10-17(21(4,5)6)13-19(15)18(14)12-16;1-12-5-3-7-14(9-12)11-15-8-4-6-13(2)10-15;1-2-4-5-3-1;;;/h7,9-10,12-13H,11H2,1-6H3;3-10H,1-2H3;1-3H,4H2;2*1H;. The van der Waals surface area contributed by atoms with E-state index in [4.69, 9.17) is 0 Å². The maximum atomic E-state index is 2.65. The fraction of sp³-hybridized carbons (Fsp3) is 0.293. The molecule has 0 saturated heterocycles. The Labute approximate surface area is 285 Å². The van der Waals surface area contributed by atoms with Crippen molar-refractivity contribution in [2.45, 2.75) is 79.1 Å². The van der Waals surface area contributed by atoms with E-state index in [0.717, 1.165) is 12.8 Å². The van der Waals surface area contributed by atoms with Crippen molar-refractivity contribution in [1.29, 1.82) is 0 Å². The van der Waals surface area contributed by atoms with Crippen molar-refractivity contribution in [3.8, 4) is 11.1 Å². The summed E-state index contributed by atoms with van der Waals surface area (Å²) in [4.78, 5) is 0. The maximum Gasteiger partial charge on any atom is -0.147 e. The second kappa shape index (κ2) is 13.2. The SMILES string of the molecule is Cc1cccc([C](c2cccc(C)c2)=[Zr]([C]2=CC=CC2)[c]2cc(C(C)(C)C)cc3c2Cc2ccc(C(C)(C)C)cc2-3)c1.Cl.Cl. The molecule has 0 aliphatic heterocycles. The van der Waals surface area contributed by atoms with Crippen LogP contribution >= 0.6 is 24.8 Å². The third-order valence-corrected chi connectivity index (χ3v) is 16.5. The van der Waals surface area contributed by atoms with Crippen LogP contribution in [0.25, 0.3) is 11.1 Å². The van der Waals surface area contributed by atoms with Crippen molar-refractivity contribution in [1.82, 2.24) is 0 Å². The molecule has 0 unspecified atom stereocenters. The van der Waals surface area contributed by atoms with Gasteiger partial charge in [0.15, 0.2) is 0 Å². The average Bonchev–Trinajstić information content (AvgIpc) is 3.58. The van der Waals surface area contributed by atoms with Gasteiger partial charge in [-0.05, 0) is 0 Å². The van der Waals surface area contributed by atoms with Gasteiger partial charge in [-0.15, -0.1) is 24.8 Å². The van der Waals surface area contributed by atoms with Crippen LogP contribution in [0.2, 0.25) is 0 Å². The summed E-state index contributed by atoms with van der Waals surface area (Å²) in [5.74, 6) is 0. The second-order valence-electron chi connectivity index (χ2n) is 14.4. The molecule has 0 nitrogen and oxygen atoms in total. The van der Waals surface area contributed by atoms with Gasteiger partial charge in [0.2, 0.25) is 0 Å². The Morgan fingerprint density at radius 1 is 0.659 bits per heavy atom. The monoisotopic (exact) mass is 698 g/mol. The number of hydrogen-bond acceptors (Lipinski definition) is 0. The maximum absolute atomic E-state index is 2.70. The minimum Gasteiger partial charge on any atom is -0.147 e. The molecule has 0 fully saturated rings. The summed E-state index contributed by atoms with van der Waals surface area (Å²) in [6.07, 6.45) is 9.26. The molecule has 0 spiro atoms. The largest absolute Gasteiger partial charge is 0.147 e. The van der Waals surface area contributed by atoms with Crippen molar-refractivity contribution < 1.29 is 21.3 Å². The topological polar surface area (TPSA) is 0 Å². The van der Waals surface area contributed by atoms with Gasteiger partial charge >= 0.3 is 263 Å². The quantitative estimate of drug-likeness (QED) is 0.175. The molecule has 2 aliphatic rings. The zero-order valence-electron chi connectivity index (χ0n) is 27.5. The number of benzene rings is 4. The van der Waals surface area contributed by atoms with Crippen molar-refractivity contribution in [2.24, 2.45) is 0 Å². The van der Waals surface area contributed by atoms with Crippen molar-refractivity contribution in [2.75, 3.05) is 0 Å². The third-order valence-electron chi connectivity index (χ3n) is 8.97. The molecular formula is C41H46Cl2Zr. The van der Waals surface area contributed by atoms with Gasteiger partial charge in [-0.25, -0.2) is 0 Å². The van der Waals surface area contributed by atoms with Gasteiger partial charge < -0.3 is 0 Å². The van der Waals surface area contributed by atoms with Gasteiger partial charge in [0.05, 0.1) is 0 Å². The Hall–Kier alpha value is -2.31. The molecule has 0 radical (unpaired) electrons. The minimum absolute atomic E-state index is 0. The van der Waals surface area contributed by atoms with Crippen LogP contribution < -0.4 is 3.27 Å². The number of allylic oxidation sites excluding steroid dienone is 4. The van der Waals surface area contributed by atoms with Crippen molar-refractivity contribution in [3.05, 3.63) is 145 Å². The first-order valence-electron chi connectivity index (χ1n) is 15.5. The Morgan fingerprint density at radius 3 is 1.77 bits per heavy atom. The number of rotatable bonds is 4. The summed E-state index contributed by atoms with van der Waals surface area (Å²) < 4.78 is 4.95. The Bertz CT molecular complexity index is 1760. The molecule has 0 amide bonds. The first-order chi connectivity index (χ1) is 19.9. The number of hydrogen-bond donors (Lipinski definition) is 0. The zero-order chi connectivity index (χ0) is 29.8. The average molecular weight is 701 g/mol. The normalized spacial score (nSPS) is 13.4. The number of aryl methyl sites for hydroxylation is 2. The molecule has 44 heavy (non-hydrogen) atoms. The summed E-state index contributed by atoms with van der Waals surface area (Å²) >= 11 is -2.70. The summed E-state index contributed by atoms with van der Waals surface area (Å²) in [5, 5.41) is 0. The summed E-state index contributed by atoms with van der Waals surface area (Å²) in [6, 6.07) is 31.0. The van der Waals surface area contributed by atoms with Gasteiger partial charge in [0.1, 0.15) is 0 Å². The van der Waals surface area contributed by atoms with E-state index in [-0.39, 0.29) is 35.6 Å². The Morgan fingerprint density at radius 2 is 1.25 bits per heavy atom. The van der Waals surface area contributed by atoms with Crippen molar-refractivity contribution >= 4 is 31.3 Å². The molecule has 6 rings (SSSR count). The van der Waals surface area contributed by atoms with E-state index in [1.165, 1.54) is 50.1 Å². The van der Waals surface area contributed by atoms with Crippen LogP contribution in [0.15, 0.2) is 100 Å². The van der Waals surface area contributed by atoms with E-state index in [1.54, 1.807) is 15.3 Å². The molecule has 228 valence electrons. The predicted molar refractivity (Wildman–Crippen MR) is 194 cm³/mol. The first-order valence-corrected chi connectivity index (χ1v) is 19.1. The van der Waals surface area contributed by atoms with Gasteiger partial charge in [0.25, 0.3) is 0 Å². The molecule has 3 heteroatoms. The van der Waals surface area contributed by atoms with Gasteiger partial charge in [-0.1, -0.05) is 0 Å². The molecule has 4 aromatic rings. The predicted octanol–water partition coefficient (Wildman–Crippen LogP) is 10.7. The Kier molecular flexibility index (Phi) is 10.4. The summed E-state index contributed by atoms with van der Waals surface area (Å²) in [5.41, 5.74) is 14.6. The molecule has 0 saturated carbocycles. The fourth-order valence-corrected chi connectivity index (χ4v) is 14.5. The second-order valence-corrected chi connectivity index (χ2v) is 20.4. The van der Waals surface area contributed by atoms with E-state index in [0.29, 0.717) is 0 Å². The van der Waals surface area contributed by atoms with E-state index in [1.807, 2.05) is 0 Å². The fourth-order valence-electron chi connectivity index (χ4n) is 6.55. The van der Waals surface area contributed by atoms with E-state index < -0.39 is 21.3 Å². The number of halogens is 2. The van der Waals surface area contributed by atoms with E-state index >= 15 is 0 Å². The molecule has 2 aliphatic carbocycles. The summed E-state index contributed by atoms with van der Waals surface area (Å²) in [7, 11) is 0. The first kappa shape index (κ1) is 34.6. The van der Waals surface area contributed by atoms with Crippen LogP contribution in [0.4, 0.5) is 0 Å². The van der Waals surface area contributed by atoms with Crippen LogP contribution in [0.3, 0.4) is 0 Å². The summed E-state index contributed by atoms with van der Waals surface area (Å²) in [6.45, 7) is 18.6. The van der Waals surface area contributed by atoms with Crippen LogP contribution in [0.5, 0.6) is 0 Å². The van der Waals surface area contributed by atoms with Crippen LogP contribution in [-0.2, 0) is 38.5 Å². The van der Waals surface area contributed by atoms with E-state index in [9.17, 15) is 0 Å². The van der Waals surface area contributed by atoms with E-state index in [2.05, 4.69) is 152 Å². The third kappa shape index (κ3) is 6.77. The molecule has 0 atom stereocenters. The smallest absolute Gasteiger partial charge is 0.147 e. The Balaban J connectivity index is 0.00000221. The molecule has 0 bridgehead atoms. The zero-order valence-corrected chi connectivity index (χ0v) is 31.6. The molecule has 4 aromatic carbocycles. The molecule has 0 aromatic heterocycles. The minimum atomic E-state index is -2.70. The van der Waals surface area contributed by atoms with Crippen LogP contribution in [0, 0.1) is 13.8 Å². The van der Waals surface area contributed by atoms with Gasteiger partial charge in [-0.3, -0.25) is 0 Å². The molecule has 0 heterocycles. The van der Waals surface area contributed by atoms with Gasteiger partial charge in [0, 0.05) is 0 Å². The van der Waals surface area contributed by atoms with Gasteiger partial charge in [-0.2, -0.15) is 0 Å².